The molecular formula is C36H36F2N6O2. The first-order valence-corrected chi connectivity index (χ1v) is 16.5. The summed E-state index contributed by atoms with van der Waals surface area (Å²) < 4.78 is 38.2. The van der Waals surface area contributed by atoms with Crippen molar-refractivity contribution in [2.24, 2.45) is 5.92 Å². The quantitative estimate of drug-likeness (QED) is 0.289. The van der Waals surface area contributed by atoms with Gasteiger partial charge in [0, 0.05) is 66.9 Å². The molecular weight excluding hydrogens is 586 g/mol. The second-order valence-electron chi connectivity index (χ2n) is 14.0. The second kappa shape index (κ2) is 10.5. The van der Waals surface area contributed by atoms with Crippen LogP contribution < -0.4 is 15.0 Å². The molecule has 5 fully saturated rings. The van der Waals surface area contributed by atoms with E-state index in [-0.39, 0.29) is 29.6 Å². The fourth-order valence-electron chi connectivity index (χ4n) is 9.45. The van der Waals surface area contributed by atoms with Crippen LogP contribution >= 0.6 is 0 Å². The number of rotatable bonds is 5. The minimum atomic E-state index is -0.884. The Labute approximate surface area is 266 Å². The van der Waals surface area contributed by atoms with Gasteiger partial charge in [0.25, 0.3) is 0 Å². The fraction of sp³-hybridized carbons (Fsp3) is 0.472. The van der Waals surface area contributed by atoms with Crippen LogP contribution in [-0.2, 0) is 0 Å². The van der Waals surface area contributed by atoms with E-state index in [1.807, 2.05) is 12.1 Å². The molecule has 5 aliphatic rings. The summed E-state index contributed by atoms with van der Waals surface area (Å²) in [7, 11) is 0. The van der Waals surface area contributed by atoms with E-state index in [0.717, 1.165) is 38.8 Å². The van der Waals surface area contributed by atoms with Crippen molar-refractivity contribution in [3.05, 3.63) is 47.9 Å². The molecule has 0 spiro atoms. The minimum absolute atomic E-state index is 0.0190. The summed E-state index contributed by atoms with van der Waals surface area (Å²) in [6, 6.07) is 9.68. The van der Waals surface area contributed by atoms with Crippen LogP contribution in [0.4, 0.5) is 14.6 Å². The molecule has 4 aromatic rings. The van der Waals surface area contributed by atoms with E-state index in [1.54, 1.807) is 18.3 Å². The van der Waals surface area contributed by atoms with Crippen molar-refractivity contribution in [2.75, 3.05) is 31.1 Å². The Kier molecular flexibility index (Phi) is 6.42. The number of anilines is 1. The van der Waals surface area contributed by atoms with Crippen molar-refractivity contribution in [3.63, 3.8) is 0 Å². The van der Waals surface area contributed by atoms with Crippen molar-refractivity contribution in [1.29, 1.82) is 0 Å². The molecule has 2 aromatic heterocycles. The summed E-state index contributed by atoms with van der Waals surface area (Å²) in [5, 5.41) is 16.1. The average Bonchev–Trinajstić information content (AvgIpc) is 3.79. The standard InChI is InChI=1S/C36H36F2N6O2/c1-2-20-5-3-6-21-11-26(45)12-27(30(20)21)32-31(38)33-28(15-39-32)34(43-17-24-9-10-25(18-43)40-24)42-35(41-33)46-19-36-13-22-7-4-8-29(22)44(36)16-23(37)14-36/h1,3,5-6,11-12,15,22-25,29,40,45H,4,7-10,13-14,16-19H2/t22-,23-,24?,25?,29-,36-/m1/s1. The number of aromatic nitrogens is 3. The molecule has 236 valence electrons. The van der Waals surface area contributed by atoms with Gasteiger partial charge in [-0.1, -0.05) is 24.5 Å². The lowest BCUT2D eigenvalue weighted by Gasteiger charge is -2.35. The maximum absolute atomic E-state index is 16.9. The predicted octanol–water partition coefficient (Wildman–Crippen LogP) is 5.35. The van der Waals surface area contributed by atoms with Crippen molar-refractivity contribution < 1.29 is 18.6 Å². The number of halogens is 2. The van der Waals surface area contributed by atoms with Crippen LogP contribution in [0.15, 0.2) is 36.5 Å². The number of alkyl halides is 1. The van der Waals surface area contributed by atoms with Crippen LogP contribution in [0, 0.1) is 24.1 Å². The van der Waals surface area contributed by atoms with Crippen LogP contribution in [0.25, 0.3) is 32.9 Å². The highest BCUT2D eigenvalue weighted by atomic mass is 19.1. The van der Waals surface area contributed by atoms with E-state index in [9.17, 15) is 9.50 Å². The van der Waals surface area contributed by atoms with Crippen LogP contribution in [0.1, 0.15) is 50.5 Å². The van der Waals surface area contributed by atoms with Gasteiger partial charge in [-0.15, -0.1) is 6.42 Å². The van der Waals surface area contributed by atoms with Crippen molar-refractivity contribution >= 4 is 27.5 Å². The zero-order valence-electron chi connectivity index (χ0n) is 25.6. The maximum atomic E-state index is 16.9. The molecule has 4 saturated heterocycles. The van der Waals surface area contributed by atoms with Gasteiger partial charge in [0.05, 0.1) is 10.9 Å². The topological polar surface area (TPSA) is 86.6 Å². The number of ether oxygens (including phenoxy) is 1. The predicted molar refractivity (Wildman–Crippen MR) is 172 cm³/mol. The average molecular weight is 623 g/mol. The summed E-state index contributed by atoms with van der Waals surface area (Å²) in [5.41, 5.74) is 0.702. The molecule has 2 bridgehead atoms. The molecule has 4 aliphatic heterocycles. The second-order valence-corrected chi connectivity index (χ2v) is 14.0. The highest BCUT2D eigenvalue weighted by Gasteiger charge is 2.58. The lowest BCUT2D eigenvalue weighted by molar-refractivity contribution is 0.0832. The number of hydrogen-bond acceptors (Lipinski definition) is 8. The van der Waals surface area contributed by atoms with Gasteiger partial charge in [-0.2, -0.15) is 9.97 Å². The molecule has 46 heavy (non-hydrogen) atoms. The van der Waals surface area contributed by atoms with Crippen LogP contribution in [0.2, 0.25) is 0 Å². The van der Waals surface area contributed by atoms with Gasteiger partial charge in [-0.3, -0.25) is 9.88 Å². The van der Waals surface area contributed by atoms with Gasteiger partial charge in [0.1, 0.15) is 35.6 Å². The first-order chi connectivity index (χ1) is 22.4. The lowest BCUT2D eigenvalue weighted by Crippen LogP contribution is -2.51. The molecule has 0 amide bonds. The van der Waals surface area contributed by atoms with E-state index in [1.165, 1.54) is 18.9 Å². The Balaban J connectivity index is 1.16. The van der Waals surface area contributed by atoms with Crippen molar-refractivity contribution in [1.82, 2.24) is 25.2 Å². The summed E-state index contributed by atoms with van der Waals surface area (Å²) in [6.45, 7) is 2.18. The third kappa shape index (κ3) is 4.35. The molecule has 2 aromatic carbocycles. The summed E-state index contributed by atoms with van der Waals surface area (Å²) in [6.07, 6.45) is 13.5. The molecule has 2 unspecified atom stereocenters. The number of benzene rings is 2. The zero-order valence-corrected chi connectivity index (χ0v) is 25.6. The van der Waals surface area contributed by atoms with Gasteiger partial charge in [0.15, 0.2) is 5.82 Å². The highest BCUT2D eigenvalue weighted by molar-refractivity contribution is 6.02. The number of pyridine rings is 1. The van der Waals surface area contributed by atoms with E-state index in [0.29, 0.717) is 70.1 Å². The first-order valence-electron chi connectivity index (χ1n) is 16.5. The molecule has 1 saturated carbocycles. The van der Waals surface area contributed by atoms with Crippen LogP contribution in [0.5, 0.6) is 11.8 Å². The Bertz CT molecular complexity index is 1920. The van der Waals surface area contributed by atoms with Gasteiger partial charge in [-0.25, -0.2) is 8.78 Å². The van der Waals surface area contributed by atoms with E-state index in [2.05, 4.69) is 31.0 Å². The largest absolute Gasteiger partial charge is 0.508 e. The summed E-state index contributed by atoms with van der Waals surface area (Å²) in [4.78, 5) is 18.7. The normalized spacial score (nSPS) is 30.2. The SMILES string of the molecule is C#Cc1cccc2cc(O)cc(-c3ncc4c(N5CC6CCC(C5)N6)nc(OC[C@@]56C[C@@H](F)CN5[C@@H]5CCC[C@@H]5C6)nc4c3F)c12. The highest BCUT2D eigenvalue weighted by Crippen LogP contribution is 2.52. The molecule has 2 N–H and O–H groups in total. The molecule has 6 atom stereocenters. The Hall–Kier alpha value is -4.07. The summed E-state index contributed by atoms with van der Waals surface area (Å²) in [5.74, 6) is 3.19. The van der Waals surface area contributed by atoms with Crippen molar-refractivity contribution in [2.45, 2.75) is 74.8 Å². The van der Waals surface area contributed by atoms with Crippen molar-refractivity contribution in [3.8, 4) is 35.4 Å². The minimum Gasteiger partial charge on any atom is -0.508 e. The van der Waals surface area contributed by atoms with E-state index in [4.69, 9.17) is 16.1 Å². The van der Waals surface area contributed by atoms with Gasteiger partial charge in [-0.05, 0) is 61.6 Å². The first kappa shape index (κ1) is 28.2. The van der Waals surface area contributed by atoms with Gasteiger partial charge >= 0.3 is 6.01 Å². The monoisotopic (exact) mass is 622 g/mol. The maximum Gasteiger partial charge on any atom is 0.319 e. The molecule has 8 nitrogen and oxygen atoms in total. The Morgan fingerprint density at radius 3 is 2.76 bits per heavy atom. The number of nitrogens with zero attached hydrogens (tertiary/aromatic N) is 5. The fourth-order valence-corrected chi connectivity index (χ4v) is 9.45. The number of fused-ring (bicyclic) bond motifs is 7. The van der Waals surface area contributed by atoms with Gasteiger partial charge in [0.2, 0.25) is 0 Å². The number of nitrogens with one attached hydrogen (secondary N) is 1. The number of phenols is 1. The van der Waals surface area contributed by atoms with E-state index >= 15 is 4.39 Å². The molecule has 6 heterocycles. The number of phenolic OH excluding ortho intramolecular Hbond substituents is 1. The third-order valence-electron chi connectivity index (χ3n) is 11.3. The lowest BCUT2D eigenvalue weighted by atomic mass is 9.89. The Morgan fingerprint density at radius 2 is 1.93 bits per heavy atom. The smallest absolute Gasteiger partial charge is 0.319 e. The number of piperazine rings is 1. The molecule has 9 rings (SSSR count). The third-order valence-corrected chi connectivity index (χ3v) is 11.3. The van der Waals surface area contributed by atoms with Crippen LogP contribution in [-0.4, -0.2) is 81.0 Å². The zero-order chi connectivity index (χ0) is 31.2. The molecule has 0 radical (unpaired) electrons. The molecule has 1 aliphatic carbocycles. The number of aromatic hydroxyl groups is 1. The number of hydrogen-bond donors (Lipinski definition) is 2. The number of terminal acetylenes is 1. The Morgan fingerprint density at radius 1 is 1.09 bits per heavy atom. The van der Waals surface area contributed by atoms with E-state index < -0.39 is 17.5 Å². The molecule has 10 heteroatoms. The van der Waals surface area contributed by atoms with Gasteiger partial charge < -0.3 is 20.1 Å². The van der Waals surface area contributed by atoms with Crippen LogP contribution in [0.3, 0.4) is 0 Å². The summed E-state index contributed by atoms with van der Waals surface area (Å²) >= 11 is 0.